The molecule has 4 aliphatic rings. The van der Waals surface area contributed by atoms with Gasteiger partial charge in [0.1, 0.15) is 11.4 Å². The molecular formula is C45H43AlN6O5. The molecule has 0 atom stereocenters. The number of rotatable bonds is 3. The summed E-state index contributed by atoms with van der Waals surface area (Å²) in [5.41, 5.74) is 10.3. The molecule has 6 heterocycles. The average Bonchev–Trinajstić information content (AvgIpc) is 4.01. The minimum Gasteiger partial charge on any atom is -0.871 e. The number of carbonyl (C=O) groups excluding carboxylic acids is 2. The van der Waals surface area contributed by atoms with Crippen molar-refractivity contribution in [2.24, 2.45) is 0 Å². The van der Waals surface area contributed by atoms with Crippen LogP contribution in [0.2, 0.25) is 0 Å². The Hall–Kier alpha value is -5.96. The average molecular weight is 775 g/mol. The van der Waals surface area contributed by atoms with Crippen LogP contribution in [0, 0.1) is 41.5 Å². The number of hydrogen-bond donors (Lipinski definition) is 0. The maximum absolute atomic E-state index is 12.4. The second kappa shape index (κ2) is 16.6. The number of benzene rings is 3. The van der Waals surface area contributed by atoms with Gasteiger partial charge in [0.25, 0.3) is 0 Å². The summed E-state index contributed by atoms with van der Waals surface area (Å²) in [5.74, 6) is 0.0605. The normalized spacial score (nSPS) is 15.2. The zero-order valence-corrected chi connectivity index (χ0v) is 34.2. The third kappa shape index (κ3) is 8.58. The first kappa shape index (κ1) is 40.7. The van der Waals surface area contributed by atoms with Crippen LogP contribution in [0.4, 0.5) is 0 Å². The number of carbonyl (C=O) groups is 2. The van der Waals surface area contributed by atoms with Gasteiger partial charge >= 0.3 is 17.4 Å². The molecule has 286 valence electrons. The van der Waals surface area contributed by atoms with E-state index in [1.807, 2.05) is 92.6 Å². The standard InChI is InChI=1S/C12H13N3O2.3C11H11NO.Al/c16-9-7-8(13-1-2-13)12(17)11(15-5-6-15)10(9)14-3-4-14;3*1-7-3-4-9(13)11-10(7)8(2)5-6-12-11;/h7H,1-6H2;3*3-6,13H,1-2H3;/q;;;;+3/p-3. The molecule has 6 aromatic rings. The molecule has 12 heteroatoms. The van der Waals surface area contributed by atoms with E-state index in [2.05, 4.69) is 15.0 Å². The van der Waals surface area contributed by atoms with Gasteiger partial charge in [-0.05, 0) is 93.1 Å². The van der Waals surface area contributed by atoms with Crippen LogP contribution < -0.4 is 15.3 Å². The van der Waals surface area contributed by atoms with E-state index in [-0.39, 0.29) is 46.2 Å². The Morgan fingerprint density at radius 1 is 0.456 bits per heavy atom. The van der Waals surface area contributed by atoms with Crippen molar-refractivity contribution in [1.29, 1.82) is 0 Å². The maximum Gasteiger partial charge on any atom is 3.00 e. The Kier molecular flexibility index (Phi) is 11.9. The van der Waals surface area contributed by atoms with Gasteiger partial charge in [0.05, 0.1) is 22.2 Å². The number of nitrogens with zero attached hydrogens (tertiary/aromatic N) is 6. The third-order valence-corrected chi connectivity index (χ3v) is 10.3. The SMILES string of the molecule is Cc1ccnc2c([O-])ccc(C)c12.Cc1ccnc2c([O-])ccc(C)c12.Cc1ccnc2c([O-])ccc(C)c12.O=C1C=C(N2CC2)C(=O)C(N2CC2)=C1N1CC1.[Al+3]. The van der Waals surface area contributed by atoms with E-state index in [4.69, 9.17) is 0 Å². The molecule has 0 N–H and O–H groups in total. The fraction of sp³-hybridized carbons (Fsp3) is 0.267. The van der Waals surface area contributed by atoms with Crippen molar-refractivity contribution < 1.29 is 24.9 Å². The Morgan fingerprint density at radius 2 is 0.772 bits per heavy atom. The van der Waals surface area contributed by atoms with Gasteiger partial charge in [0.15, 0.2) is 0 Å². The van der Waals surface area contributed by atoms with Crippen LogP contribution in [0.25, 0.3) is 32.7 Å². The molecule has 0 radical (unpaired) electrons. The summed E-state index contributed by atoms with van der Waals surface area (Å²) in [6.07, 6.45) is 6.56. The molecule has 3 aromatic heterocycles. The van der Waals surface area contributed by atoms with Crippen molar-refractivity contribution in [3.05, 3.63) is 130 Å². The Labute approximate surface area is 342 Å². The van der Waals surface area contributed by atoms with Crippen molar-refractivity contribution in [3.63, 3.8) is 0 Å². The zero-order valence-electron chi connectivity index (χ0n) is 33.1. The molecule has 0 bridgehead atoms. The van der Waals surface area contributed by atoms with Crippen molar-refractivity contribution in [1.82, 2.24) is 29.7 Å². The van der Waals surface area contributed by atoms with Gasteiger partial charge in [-0.25, -0.2) is 0 Å². The summed E-state index contributed by atoms with van der Waals surface area (Å²) >= 11 is 0. The second-order valence-electron chi connectivity index (χ2n) is 14.6. The van der Waals surface area contributed by atoms with Gasteiger partial charge < -0.3 is 30.0 Å². The van der Waals surface area contributed by atoms with Crippen LogP contribution in [0.1, 0.15) is 33.4 Å². The van der Waals surface area contributed by atoms with Crippen molar-refractivity contribution in [2.75, 3.05) is 39.3 Å². The molecule has 3 saturated heterocycles. The summed E-state index contributed by atoms with van der Waals surface area (Å²) in [5, 5.41) is 37.2. The summed E-state index contributed by atoms with van der Waals surface area (Å²) in [6.45, 7) is 17.4. The molecule has 1 aliphatic carbocycles. The molecule has 0 saturated carbocycles. The number of ketones is 2. The first-order valence-electron chi connectivity index (χ1n) is 18.7. The second-order valence-corrected chi connectivity index (χ2v) is 14.6. The molecule has 0 unspecified atom stereocenters. The van der Waals surface area contributed by atoms with Crippen LogP contribution in [-0.4, -0.2) is 97.8 Å². The fourth-order valence-electron chi connectivity index (χ4n) is 7.09. The summed E-state index contributed by atoms with van der Waals surface area (Å²) in [7, 11) is 0. The van der Waals surface area contributed by atoms with E-state index in [0.717, 1.165) is 88.8 Å². The van der Waals surface area contributed by atoms with Gasteiger partial charge in [-0.1, -0.05) is 53.6 Å². The monoisotopic (exact) mass is 774 g/mol. The topological polar surface area (TPSA) is 151 Å². The molecule has 11 nitrogen and oxygen atoms in total. The number of fused-ring (bicyclic) bond motifs is 3. The number of aryl methyl sites for hydroxylation is 6. The van der Waals surface area contributed by atoms with Gasteiger partial charge in [-0.3, -0.25) is 24.5 Å². The number of aromatic nitrogens is 3. The van der Waals surface area contributed by atoms with Crippen LogP contribution >= 0.6 is 0 Å². The van der Waals surface area contributed by atoms with Crippen LogP contribution in [0.15, 0.2) is 96.4 Å². The zero-order chi connectivity index (χ0) is 39.8. The van der Waals surface area contributed by atoms with Gasteiger partial charge in [-0.15, -0.1) is 0 Å². The van der Waals surface area contributed by atoms with Crippen LogP contribution in [0.5, 0.6) is 17.2 Å². The van der Waals surface area contributed by atoms with Gasteiger partial charge in [0, 0.05) is 80.1 Å². The van der Waals surface area contributed by atoms with Crippen LogP contribution in [-0.2, 0) is 9.59 Å². The Balaban J connectivity index is 0.000000129. The van der Waals surface area contributed by atoms with Gasteiger partial charge in [-0.2, -0.15) is 0 Å². The van der Waals surface area contributed by atoms with E-state index in [9.17, 15) is 24.9 Å². The molecule has 3 aliphatic heterocycles. The van der Waals surface area contributed by atoms with E-state index in [0.29, 0.717) is 33.6 Å². The van der Waals surface area contributed by atoms with E-state index in [1.165, 1.54) is 6.08 Å². The number of hydrogen-bond acceptors (Lipinski definition) is 11. The Bertz CT molecular complexity index is 2370. The molecule has 0 spiro atoms. The number of allylic oxidation sites excluding steroid dienone is 1. The molecule has 0 amide bonds. The Morgan fingerprint density at radius 3 is 1.09 bits per heavy atom. The largest absolute Gasteiger partial charge is 3.00 e. The molecule has 3 aromatic carbocycles. The molecular weight excluding hydrogens is 732 g/mol. The van der Waals surface area contributed by atoms with Gasteiger partial charge in [0.2, 0.25) is 11.6 Å². The minimum absolute atomic E-state index is 0. The first-order valence-corrected chi connectivity index (χ1v) is 18.7. The van der Waals surface area contributed by atoms with Crippen molar-refractivity contribution >= 4 is 61.6 Å². The van der Waals surface area contributed by atoms with E-state index >= 15 is 0 Å². The molecule has 3 fully saturated rings. The maximum atomic E-state index is 12.4. The summed E-state index contributed by atoms with van der Waals surface area (Å²) < 4.78 is 0. The summed E-state index contributed by atoms with van der Waals surface area (Å²) in [4.78, 5) is 42.7. The number of pyridine rings is 3. The fourth-order valence-corrected chi connectivity index (χ4v) is 7.09. The minimum atomic E-state index is 0. The van der Waals surface area contributed by atoms with E-state index < -0.39 is 0 Å². The van der Waals surface area contributed by atoms with Crippen molar-refractivity contribution in [3.8, 4) is 17.2 Å². The molecule has 57 heavy (non-hydrogen) atoms. The quantitative estimate of drug-likeness (QED) is 0.141. The van der Waals surface area contributed by atoms with Crippen LogP contribution in [0.3, 0.4) is 0 Å². The predicted molar refractivity (Wildman–Crippen MR) is 218 cm³/mol. The predicted octanol–water partition coefficient (Wildman–Crippen LogP) is 4.58. The summed E-state index contributed by atoms with van der Waals surface area (Å²) in [6, 6.07) is 16.0. The molecule has 10 rings (SSSR count). The first-order chi connectivity index (χ1) is 26.8. The van der Waals surface area contributed by atoms with Crippen molar-refractivity contribution in [2.45, 2.75) is 41.5 Å². The number of Topliss-reactive ketones (excluding diaryl/α,β-unsaturated/α-hetero) is 1. The smallest absolute Gasteiger partial charge is 0.871 e. The van der Waals surface area contributed by atoms with E-state index in [1.54, 1.807) is 36.8 Å². The third-order valence-electron chi connectivity index (χ3n) is 10.3.